The van der Waals surface area contributed by atoms with Gasteiger partial charge in [0.25, 0.3) is 0 Å². The Labute approximate surface area is 126 Å². The van der Waals surface area contributed by atoms with E-state index in [1.165, 1.54) is 25.7 Å². The van der Waals surface area contributed by atoms with Crippen molar-refractivity contribution in [1.29, 1.82) is 0 Å². The largest absolute Gasteiger partial charge is 0.329 e. The van der Waals surface area contributed by atoms with Crippen LogP contribution >= 0.6 is 0 Å². The van der Waals surface area contributed by atoms with Crippen molar-refractivity contribution in [2.24, 2.45) is 5.92 Å². The fourth-order valence-corrected chi connectivity index (χ4v) is 3.99. The number of benzene rings is 1. The molecule has 1 saturated carbocycles. The Morgan fingerprint density at radius 3 is 2.33 bits per heavy atom. The Morgan fingerprint density at radius 2 is 1.71 bits per heavy atom. The minimum Gasteiger partial charge on any atom is -0.292 e. The third kappa shape index (κ3) is 2.54. The monoisotopic (exact) mass is 286 g/mol. The number of nitrogens with zero attached hydrogens (tertiary/aromatic N) is 2. The molecule has 1 aliphatic rings. The first-order valence-corrected chi connectivity index (χ1v) is 8.46. The number of para-hydroxylation sites is 2. The average molecular weight is 286 g/mol. The lowest BCUT2D eigenvalue weighted by Crippen LogP contribution is -2.29. The van der Waals surface area contributed by atoms with Crippen LogP contribution in [0.25, 0.3) is 11.0 Å². The molecule has 3 nitrogen and oxygen atoms in total. The maximum atomic E-state index is 12.8. The first-order chi connectivity index (χ1) is 10.3. The highest BCUT2D eigenvalue weighted by Gasteiger charge is 2.25. The van der Waals surface area contributed by atoms with Gasteiger partial charge in [0.2, 0.25) is 0 Å². The van der Waals surface area contributed by atoms with Crippen molar-refractivity contribution in [3.63, 3.8) is 0 Å². The van der Waals surface area contributed by atoms with Gasteiger partial charge < -0.3 is 0 Å². The number of hydrogen-bond acceptors (Lipinski definition) is 1. The van der Waals surface area contributed by atoms with Crippen molar-refractivity contribution in [2.45, 2.75) is 65.0 Å². The van der Waals surface area contributed by atoms with E-state index in [0.717, 1.165) is 36.3 Å². The molecular formula is C18H26N2O. The Bertz CT molecular complexity index is 659. The number of imidazole rings is 1. The predicted molar refractivity (Wildman–Crippen MR) is 87.8 cm³/mol. The molecule has 2 aromatic rings. The van der Waals surface area contributed by atoms with E-state index in [2.05, 4.69) is 30.5 Å². The molecule has 0 radical (unpaired) electrons. The maximum absolute atomic E-state index is 12.8. The van der Waals surface area contributed by atoms with E-state index in [9.17, 15) is 4.79 Å². The summed E-state index contributed by atoms with van der Waals surface area (Å²) >= 11 is 0. The fourth-order valence-electron chi connectivity index (χ4n) is 3.99. The standard InChI is InChI=1S/C18H26N2O/c1-3-7-14-10-12-15(13-11-14)20-17-9-6-5-8-16(17)19(4-2)18(20)21/h5-6,8-9,14-15H,3-4,7,10-13H2,1-2H3. The zero-order valence-electron chi connectivity index (χ0n) is 13.2. The van der Waals surface area contributed by atoms with Crippen LogP contribution in [0.5, 0.6) is 0 Å². The van der Waals surface area contributed by atoms with Crippen molar-refractivity contribution in [3.05, 3.63) is 34.7 Å². The van der Waals surface area contributed by atoms with Gasteiger partial charge in [0.1, 0.15) is 0 Å². The number of aryl methyl sites for hydroxylation is 1. The Hall–Kier alpha value is -1.51. The first-order valence-electron chi connectivity index (χ1n) is 8.46. The summed E-state index contributed by atoms with van der Waals surface area (Å²) < 4.78 is 3.98. The molecule has 1 aromatic heterocycles. The molecule has 3 heteroatoms. The Balaban J connectivity index is 1.95. The van der Waals surface area contributed by atoms with Gasteiger partial charge in [-0.3, -0.25) is 9.13 Å². The number of fused-ring (bicyclic) bond motifs is 1. The zero-order valence-corrected chi connectivity index (χ0v) is 13.2. The summed E-state index contributed by atoms with van der Waals surface area (Å²) in [5, 5.41) is 0. The van der Waals surface area contributed by atoms with Crippen molar-refractivity contribution >= 4 is 11.0 Å². The summed E-state index contributed by atoms with van der Waals surface area (Å²) in [4.78, 5) is 12.8. The molecular weight excluding hydrogens is 260 g/mol. The van der Waals surface area contributed by atoms with E-state index in [1.54, 1.807) is 0 Å². The van der Waals surface area contributed by atoms with Gasteiger partial charge in [-0.25, -0.2) is 4.79 Å². The molecule has 21 heavy (non-hydrogen) atoms. The molecule has 0 bridgehead atoms. The van der Waals surface area contributed by atoms with Crippen LogP contribution in [0.15, 0.2) is 29.1 Å². The van der Waals surface area contributed by atoms with Gasteiger partial charge in [-0.1, -0.05) is 31.9 Å². The summed E-state index contributed by atoms with van der Waals surface area (Å²) in [6.07, 6.45) is 7.49. The second-order valence-electron chi connectivity index (χ2n) is 6.35. The number of aromatic nitrogens is 2. The SMILES string of the molecule is CCCC1CCC(n2c(=O)n(CC)c3ccccc32)CC1. The summed E-state index contributed by atoms with van der Waals surface area (Å²) in [5.74, 6) is 0.876. The van der Waals surface area contributed by atoms with Crippen LogP contribution in [0.2, 0.25) is 0 Å². The Morgan fingerprint density at radius 1 is 1.05 bits per heavy atom. The summed E-state index contributed by atoms with van der Waals surface area (Å²) in [7, 11) is 0. The lowest BCUT2D eigenvalue weighted by Gasteiger charge is -2.29. The number of hydrogen-bond donors (Lipinski definition) is 0. The Kier molecular flexibility index (Phi) is 4.18. The molecule has 0 unspecified atom stereocenters. The van der Waals surface area contributed by atoms with E-state index in [1.807, 2.05) is 16.7 Å². The molecule has 1 aliphatic carbocycles. The molecule has 1 heterocycles. The molecule has 0 spiro atoms. The maximum Gasteiger partial charge on any atom is 0.329 e. The molecule has 1 aromatic carbocycles. The van der Waals surface area contributed by atoms with E-state index >= 15 is 0 Å². The smallest absolute Gasteiger partial charge is 0.292 e. The molecule has 114 valence electrons. The fraction of sp³-hybridized carbons (Fsp3) is 0.611. The third-order valence-electron chi connectivity index (χ3n) is 5.06. The quantitative estimate of drug-likeness (QED) is 0.820. The van der Waals surface area contributed by atoms with Gasteiger partial charge in [-0.15, -0.1) is 0 Å². The van der Waals surface area contributed by atoms with Gasteiger partial charge in [-0.05, 0) is 50.7 Å². The average Bonchev–Trinajstić information content (AvgIpc) is 2.80. The van der Waals surface area contributed by atoms with Crippen molar-refractivity contribution in [2.75, 3.05) is 0 Å². The molecule has 1 fully saturated rings. The van der Waals surface area contributed by atoms with E-state index in [0.29, 0.717) is 6.04 Å². The highest BCUT2D eigenvalue weighted by atomic mass is 16.1. The van der Waals surface area contributed by atoms with Crippen LogP contribution in [0.3, 0.4) is 0 Å². The van der Waals surface area contributed by atoms with Crippen LogP contribution < -0.4 is 5.69 Å². The minimum atomic E-state index is 0.178. The van der Waals surface area contributed by atoms with E-state index in [4.69, 9.17) is 0 Å². The lowest BCUT2D eigenvalue weighted by atomic mass is 9.83. The summed E-state index contributed by atoms with van der Waals surface area (Å²) in [5.41, 5.74) is 2.38. The molecule has 0 N–H and O–H groups in total. The van der Waals surface area contributed by atoms with Gasteiger partial charge >= 0.3 is 5.69 Å². The van der Waals surface area contributed by atoms with Gasteiger partial charge in [0.05, 0.1) is 11.0 Å². The summed E-state index contributed by atoms with van der Waals surface area (Å²) in [6.45, 7) is 5.07. The third-order valence-corrected chi connectivity index (χ3v) is 5.06. The van der Waals surface area contributed by atoms with Crippen molar-refractivity contribution < 1.29 is 0 Å². The molecule has 0 saturated heterocycles. The summed E-state index contributed by atoms with van der Waals surface area (Å²) in [6, 6.07) is 8.63. The van der Waals surface area contributed by atoms with Crippen LogP contribution in [0, 0.1) is 5.92 Å². The number of rotatable bonds is 4. The molecule has 0 aliphatic heterocycles. The van der Waals surface area contributed by atoms with Crippen LogP contribution in [-0.2, 0) is 6.54 Å². The second-order valence-corrected chi connectivity index (χ2v) is 6.35. The molecule has 0 atom stereocenters. The van der Waals surface area contributed by atoms with E-state index < -0.39 is 0 Å². The highest BCUT2D eigenvalue weighted by molar-refractivity contribution is 5.76. The lowest BCUT2D eigenvalue weighted by molar-refractivity contribution is 0.261. The molecule has 0 amide bonds. The van der Waals surface area contributed by atoms with Crippen LogP contribution in [0.1, 0.15) is 58.4 Å². The van der Waals surface area contributed by atoms with Gasteiger partial charge in [-0.2, -0.15) is 0 Å². The predicted octanol–water partition coefficient (Wildman–Crippen LogP) is 4.35. The van der Waals surface area contributed by atoms with Gasteiger partial charge in [0.15, 0.2) is 0 Å². The van der Waals surface area contributed by atoms with Crippen LogP contribution in [0.4, 0.5) is 0 Å². The van der Waals surface area contributed by atoms with Crippen molar-refractivity contribution in [3.8, 4) is 0 Å². The minimum absolute atomic E-state index is 0.178. The topological polar surface area (TPSA) is 26.9 Å². The highest BCUT2D eigenvalue weighted by Crippen LogP contribution is 2.35. The van der Waals surface area contributed by atoms with Crippen LogP contribution in [-0.4, -0.2) is 9.13 Å². The van der Waals surface area contributed by atoms with Crippen molar-refractivity contribution in [1.82, 2.24) is 9.13 Å². The first kappa shape index (κ1) is 14.4. The molecule has 3 rings (SSSR count). The van der Waals surface area contributed by atoms with Gasteiger partial charge in [0, 0.05) is 12.6 Å². The van der Waals surface area contributed by atoms with E-state index in [-0.39, 0.29) is 5.69 Å². The zero-order chi connectivity index (χ0) is 14.8. The second kappa shape index (κ2) is 6.08. The normalized spacial score (nSPS) is 22.8.